The normalized spacial score (nSPS) is 37.7. The highest BCUT2D eigenvalue weighted by molar-refractivity contribution is 4.98. The maximum absolute atomic E-state index is 9.20. The first-order valence-electron chi connectivity index (χ1n) is 6.52. The summed E-state index contributed by atoms with van der Waals surface area (Å²) in [7, 11) is 0. The maximum atomic E-state index is 9.20. The van der Waals surface area contributed by atoms with E-state index in [1.54, 1.807) is 0 Å². The van der Waals surface area contributed by atoms with Crippen LogP contribution in [-0.4, -0.2) is 23.5 Å². The third kappa shape index (κ3) is 2.18. The van der Waals surface area contributed by atoms with Gasteiger partial charge in [-0.3, -0.25) is 4.90 Å². The number of nitriles is 1. The van der Waals surface area contributed by atoms with Gasteiger partial charge in [0.05, 0.1) is 12.0 Å². The molecule has 0 spiro atoms. The SMILES string of the molecule is CCC1CCCN1C1CCCCC1C#N. The Morgan fingerprint density at radius 3 is 2.73 bits per heavy atom. The maximum Gasteiger partial charge on any atom is 0.0672 e. The number of hydrogen-bond acceptors (Lipinski definition) is 2. The molecule has 3 atom stereocenters. The van der Waals surface area contributed by atoms with Gasteiger partial charge in [0, 0.05) is 12.1 Å². The van der Waals surface area contributed by atoms with E-state index in [0.717, 1.165) is 12.5 Å². The molecule has 0 amide bonds. The fourth-order valence-corrected chi connectivity index (χ4v) is 3.39. The quantitative estimate of drug-likeness (QED) is 0.694. The molecule has 2 nitrogen and oxygen atoms in total. The number of nitrogens with zero attached hydrogens (tertiary/aromatic N) is 2. The minimum Gasteiger partial charge on any atom is -0.296 e. The molecule has 2 rings (SSSR count). The van der Waals surface area contributed by atoms with E-state index in [1.807, 2.05) is 0 Å². The lowest BCUT2D eigenvalue weighted by atomic mass is 9.84. The fraction of sp³-hybridized carbons (Fsp3) is 0.923. The van der Waals surface area contributed by atoms with Crippen molar-refractivity contribution < 1.29 is 0 Å². The largest absolute Gasteiger partial charge is 0.296 e. The molecule has 0 N–H and O–H groups in total. The third-order valence-electron chi connectivity index (χ3n) is 4.22. The molecular weight excluding hydrogens is 184 g/mol. The average Bonchev–Trinajstić information content (AvgIpc) is 2.76. The molecule has 2 heteroatoms. The van der Waals surface area contributed by atoms with Gasteiger partial charge < -0.3 is 0 Å². The molecule has 1 heterocycles. The molecule has 84 valence electrons. The predicted octanol–water partition coefficient (Wildman–Crippen LogP) is 2.94. The molecular formula is C13H22N2. The van der Waals surface area contributed by atoms with Crippen LogP contribution in [-0.2, 0) is 0 Å². The highest BCUT2D eigenvalue weighted by Crippen LogP contribution is 2.33. The summed E-state index contributed by atoms with van der Waals surface area (Å²) in [5, 5.41) is 9.20. The van der Waals surface area contributed by atoms with Gasteiger partial charge in [0.2, 0.25) is 0 Å². The Morgan fingerprint density at radius 2 is 2.00 bits per heavy atom. The number of hydrogen-bond donors (Lipinski definition) is 0. The molecule has 2 fully saturated rings. The fourth-order valence-electron chi connectivity index (χ4n) is 3.39. The second kappa shape index (κ2) is 4.99. The van der Waals surface area contributed by atoms with Gasteiger partial charge in [0.15, 0.2) is 0 Å². The number of likely N-dealkylation sites (tertiary alicyclic amines) is 1. The van der Waals surface area contributed by atoms with Crippen molar-refractivity contribution in [1.82, 2.24) is 4.90 Å². The molecule has 2 aliphatic rings. The molecule has 15 heavy (non-hydrogen) atoms. The summed E-state index contributed by atoms with van der Waals surface area (Å²) in [5.41, 5.74) is 0. The van der Waals surface area contributed by atoms with E-state index in [2.05, 4.69) is 17.9 Å². The minimum atomic E-state index is 0.311. The Hall–Kier alpha value is -0.550. The van der Waals surface area contributed by atoms with Crippen LogP contribution in [0, 0.1) is 17.2 Å². The van der Waals surface area contributed by atoms with E-state index in [9.17, 15) is 5.26 Å². The molecule has 0 bridgehead atoms. The van der Waals surface area contributed by atoms with Gasteiger partial charge >= 0.3 is 0 Å². The Labute approximate surface area is 93.3 Å². The van der Waals surface area contributed by atoms with Crippen molar-refractivity contribution in [2.75, 3.05) is 6.54 Å². The summed E-state index contributed by atoms with van der Waals surface area (Å²) < 4.78 is 0. The van der Waals surface area contributed by atoms with Crippen LogP contribution in [0.4, 0.5) is 0 Å². The first kappa shape index (κ1) is 11.0. The van der Waals surface area contributed by atoms with Crippen LogP contribution in [0.25, 0.3) is 0 Å². The van der Waals surface area contributed by atoms with Crippen LogP contribution in [0.5, 0.6) is 0 Å². The van der Waals surface area contributed by atoms with Crippen molar-refractivity contribution in [1.29, 1.82) is 5.26 Å². The topological polar surface area (TPSA) is 27.0 Å². The Morgan fingerprint density at radius 1 is 1.20 bits per heavy atom. The Bertz CT molecular complexity index is 243. The van der Waals surface area contributed by atoms with Gasteiger partial charge in [-0.05, 0) is 38.6 Å². The second-order valence-corrected chi connectivity index (χ2v) is 5.03. The predicted molar refractivity (Wildman–Crippen MR) is 61.4 cm³/mol. The van der Waals surface area contributed by atoms with Crippen molar-refractivity contribution in [3.63, 3.8) is 0 Å². The molecule has 0 aromatic heterocycles. The van der Waals surface area contributed by atoms with E-state index in [-0.39, 0.29) is 0 Å². The lowest BCUT2D eigenvalue weighted by Crippen LogP contribution is -2.44. The summed E-state index contributed by atoms with van der Waals surface area (Å²) in [6.45, 7) is 3.52. The lowest BCUT2D eigenvalue weighted by Gasteiger charge is -2.38. The van der Waals surface area contributed by atoms with Gasteiger partial charge in [0.25, 0.3) is 0 Å². The molecule has 3 unspecified atom stereocenters. The Kier molecular flexibility index (Phi) is 3.64. The van der Waals surface area contributed by atoms with Gasteiger partial charge in [-0.15, -0.1) is 0 Å². The van der Waals surface area contributed by atoms with E-state index in [0.29, 0.717) is 12.0 Å². The molecule has 1 saturated carbocycles. The van der Waals surface area contributed by atoms with Crippen molar-refractivity contribution in [3.8, 4) is 6.07 Å². The van der Waals surface area contributed by atoms with E-state index < -0.39 is 0 Å². The average molecular weight is 206 g/mol. The van der Waals surface area contributed by atoms with Crippen LogP contribution in [0.2, 0.25) is 0 Å². The number of rotatable bonds is 2. The van der Waals surface area contributed by atoms with Gasteiger partial charge in [-0.2, -0.15) is 5.26 Å². The van der Waals surface area contributed by atoms with Gasteiger partial charge in [0.1, 0.15) is 0 Å². The van der Waals surface area contributed by atoms with E-state index in [4.69, 9.17) is 0 Å². The zero-order valence-electron chi connectivity index (χ0n) is 9.78. The van der Waals surface area contributed by atoms with Crippen LogP contribution in [0.1, 0.15) is 51.9 Å². The monoisotopic (exact) mass is 206 g/mol. The minimum absolute atomic E-state index is 0.311. The van der Waals surface area contributed by atoms with Crippen molar-refractivity contribution in [2.45, 2.75) is 64.0 Å². The standard InChI is InChI=1S/C13H22N2/c1-2-12-7-5-9-15(12)13-8-4-3-6-11(13)10-14/h11-13H,2-9H2,1H3. The van der Waals surface area contributed by atoms with Gasteiger partial charge in [-0.25, -0.2) is 0 Å². The van der Waals surface area contributed by atoms with Crippen molar-refractivity contribution >= 4 is 0 Å². The third-order valence-corrected chi connectivity index (χ3v) is 4.22. The zero-order chi connectivity index (χ0) is 10.7. The molecule has 0 aromatic rings. The van der Waals surface area contributed by atoms with Crippen LogP contribution in [0.15, 0.2) is 0 Å². The summed E-state index contributed by atoms with van der Waals surface area (Å²) in [6, 6.07) is 3.88. The summed E-state index contributed by atoms with van der Waals surface area (Å²) in [4.78, 5) is 2.65. The summed E-state index contributed by atoms with van der Waals surface area (Å²) >= 11 is 0. The summed E-state index contributed by atoms with van der Waals surface area (Å²) in [5.74, 6) is 0.311. The van der Waals surface area contributed by atoms with Crippen LogP contribution >= 0.6 is 0 Å². The first-order valence-corrected chi connectivity index (χ1v) is 6.52. The highest BCUT2D eigenvalue weighted by atomic mass is 15.2. The van der Waals surface area contributed by atoms with Crippen molar-refractivity contribution in [2.24, 2.45) is 5.92 Å². The smallest absolute Gasteiger partial charge is 0.0672 e. The van der Waals surface area contributed by atoms with E-state index >= 15 is 0 Å². The molecule has 1 aliphatic carbocycles. The first-order chi connectivity index (χ1) is 7.36. The zero-order valence-corrected chi connectivity index (χ0v) is 9.78. The molecule has 1 saturated heterocycles. The van der Waals surface area contributed by atoms with E-state index in [1.165, 1.54) is 45.1 Å². The molecule has 1 aliphatic heterocycles. The lowest BCUT2D eigenvalue weighted by molar-refractivity contribution is 0.112. The highest BCUT2D eigenvalue weighted by Gasteiger charge is 2.35. The second-order valence-electron chi connectivity index (χ2n) is 5.03. The van der Waals surface area contributed by atoms with Crippen molar-refractivity contribution in [3.05, 3.63) is 0 Å². The van der Waals surface area contributed by atoms with Gasteiger partial charge in [-0.1, -0.05) is 19.8 Å². The van der Waals surface area contributed by atoms with Crippen LogP contribution < -0.4 is 0 Å². The summed E-state index contributed by atoms with van der Waals surface area (Å²) in [6.07, 6.45) is 8.94. The molecule has 0 radical (unpaired) electrons. The Balaban J connectivity index is 2.04. The van der Waals surface area contributed by atoms with Crippen LogP contribution in [0.3, 0.4) is 0 Å². The molecule has 0 aromatic carbocycles.